The highest BCUT2D eigenvalue weighted by atomic mass is 79.9. The molecule has 3 rings (SSSR count). The highest BCUT2D eigenvalue weighted by Gasteiger charge is 2.35. The normalized spacial score (nSPS) is 23.7. The molecule has 0 aliphatic carbocycles. The van der Waals surface area contributed by atoms with Crippen LogP contribution in [-0.2, 0) is 4.74 Å². The summed E-state index contributed by atoms with van der Waals surface area (Å²) in [5, 5.41) is 3.65. The van der Waals surface area contributed by atoms with Gasteiger partial charge in [-0.2, -0.15) is 0 Å². The first-order chi connectivity index (χ1) is 11.7. The molecule has 2 heterocycles. The van der Waals surface area contributed by atoms with Crippen molar-refractivity contribution in [2.75, 3.05) is 19.7 Å². The summed E-state index contributed by atoms with van der Waals surface area (Å²) >= 11 is 9.77. The number of nitrogens with one attached hydrogen (secondary N) is 1. The first-order valence-corrected chi connectivity index (χ1v) is 9.75. The molecule has 0 spiro atoms. The quantitative estimate of drug-likeness (QED) is 0.748. The fraction of sp³-hybridized carbons (Fsp3) is 0.611. The summed E-state index contributed by atoms with van der Waals surface area (Å²) in [6.45, 7) is 8.02. The van der Waals surface area contributed by atoms with Gasteiger partial charge >= 0.3 is 6.09 Å². The van der Waals surface area contributed by atoms with Gasteiger partial charge in [-0.25, -0.2) is 4.79 Å². The van der Waals surface area contributed by atoms with Crippen molar-refractivity contribution in [1.82, 2.24) is 10.2 Å². The van der Waals surface area contributed by atoms with E-state index in [2.05, 4.69) is 26.1 Å². The molecule has 0 aromatic heterocycles. The van der Waals surface area contributed by atoms with Crippen molar-refractivity contribution in [3.05, 3.63) is 27.2 Å². The number of rotatable bonds is 2. The van der Waals surface area contributed by atoms with Gasteiger partial charge in [0, 0.05) is 46.7 Å². The highest BCUT2D eigenvalue weighted by molar-refractivity contribution is 9.10. The molecule has 0 bridgehead atoms. The molecule has 0 saturated carbocycles. The molecular weight excluding hydrogens is 408 g/mol. The van der Waals surface area contributed by atoms with Gasteiger partial charge in [0.2, 0.25) is 0 Å². The van der Waals surface area contributed by atoms with Gasteiger partial charge in [-0.3, -0.25) is 4.90 Å². The zero-order valence-corrected chi connectivity index (χ0v) is 17.1. The Kier molecular flexibility index (Phi) is 5.51. The molecule has 2 atom stereocenters. The van der Waals surface area contributed by atoms with Crippen molar-refractivity contribution in [3.8, 4) is 5.75 Å². The summed E-state index contributed by atoms with van der Waals surface area (Å²) in [5.74, 6) is 0.846. The van der Waals surface area contributed by atoms with Gasteiger partial charge in [-0.05, 0) is 39.3 Å². The molecule has 138 valence electrons. The maximum atomic E-state index is 12.0. The Morgan fingerprint density at radius 2 is 2.16 bits per heavy atom. The lowest BCUT2D eigenvalue weighted by molar-refractivity contribution is 0.0503. The van der Waals surface area contributed by atoms with Crippen LogP contribution >= 0.6 is 27.5 Å². The van der Waals surface area contributed by atoms with E-state index in [1.165, 1.54) is 0 Å². The summed E-state index contributed by atoms with van der Waals surface area (Å²) in [6, 6.07) is 4.16. The van der Waals surface area contributed by atoms with Gasteiger partial charge in [-0.15, -0.1) is 0 Å². The Labute approximate surface area is 162 Å². The van der Waals surface area contributed by atoms with Crippen LogP contribution in [0.5, 0.6) is 5.75 Å². The number of ether oxygens (including phenoxy) is 2. The molecule has 7 heteroatoms. The zero-order valence-electron chi connectivity index (χ0n) is 14.8. The fourth-order valence-corrected chi connectivity index (χ4v) is 4.50. The molecule has 0 unspecified atom stereocenters. The first kappa shape index (κ1) is 18.8. The van der Waals surface area contributed by atoms with Crippen molar-refractivity contribution in [3.63, 3.8) is 0 Å². The van der Waals surface area contributed by atoms with E-state index < -0.39 is 5.60 Å². The number of fused-ring (bicyclic) bond motifs is 1. The molecule has 5 nitrogen and oxygen atoms in total. The molecule has 1 N–H and O–H groups in total. The number of benzene rings is 1. The number of nitrogens with zero attached hydrogens (tertiary/aromatic N) is 1. The molecule has 1 amide bonds. The Bertz CT molecular complexity index is 662. The molecule has 25 heavy (non-hydrogen) atoms. The second-order valence-electron chi connectivity index (χ2n) is 7.58. The van der Waals surface area contributed by atoms with E-state index >= 15 is 0 Å². The first-order valence-electron chi connectivity index (χ1n) is 8.58. The second-order valence-corrected chi connectivity index (χ2v) is 8.87. The number of amides is 1. The van der Waals surface area contributed by atoms with Crippen molar-refractivity contribution >= 4 is 33.6 Å². The number of likely N-dealkylation sites (tertiary alicyclic amines) is 1. The lowest BCUT2D eigenvalue weighted by atomic mass is 9.99. The van der Waals surface area contributed by atoms with Crippen molar-refractivity contribution in [2.24, 2.45) is 0 Å². The molecule has 2 aliphatic rings. The van der Waals surface area contributed by atoms with Crippen LogP contribution in [0.4, 0.5) is 4.79 Å². The second kappa shape index (κ2) is 7.33. The van der Waals surface area contributed by atoms with Gasteiger partial charge in [0.05, 0.1) is 6.61 Å². The van der Waals surface area contributed by atoms with Crippen LogP contribution in [0.25, 0.3) is 0 Å². The van der Waals surface area contributed by atoms with Crippen molar-refractivity contribution in [1.29, 1.82) is 0 Å². The molecule has 2 aliphatic heterocycles. The van der Waals surface area contributed by atoms with Crippen LogP contribution in [0.15, 0.2) is 16.6 Å². The molecule has 0 radical (unpaired) electrons. The average Bonchev–Trinajstić information content (AvgIpc) is 2.92. The van der Waals surface area contributed by atoms with Crippen LogP contribution in [0.1, 0.15) is 45.2 Å². The minimum absolute atomic E-state index is 0.104. The summed E-state index contributed by atoms with van der Waals surface area (Å²) in [6.07, 6.45) is 1.49. The Morgan fingerprint density at radius 3 is 2.88 bits per heavy atom. The molecule has 1 saturated heterocycles. The van der Waals surface area contributed by atoms with Gasteiger partial charge < -0.3 is 14.8 Å². The van der Waals surface area contributed by atoms with E-state index in [1.807, 2.05) is 32.9 Å². The van der Waals surface area contributed by atoms with Crippen LogP contribution in [0.3, 0.4) is 0 Å². The number of hydrogen-bond acceptors (Lipinski definition) is 4. The van der Waals surface area contributed by atoms with Crippen LogP contribution in [-0.4, -0.2) is 42.3 Å². The maximum Gasteiger partial charge on any atom is 0.407 e. The highest BCUT2D eigenvalue weighted by Crippen LogP contribution is 2.43. The summed E-state index contributed by atoms with van der Waals surface area (Å²) < 4.78 is 12.1. The van der Waals surface area contributed by atoms with Crippen LogP contribution in [0, 0.1) is 0 Å². The predicted molar refractivity (Wildman–Crippen MR) is 101 cm³/mol. The SMILES string of the molecule is CC(C)(C)OC(=O)N[C@@H]1CCN([C@@H]2CCOc3cc(Cl)cc(Br)c32)C1. The van der Waals surface area contributed by atoms with E-state index in [9.17, 15) is 4.79 Å². The predicted octanol–water partition coefficient (Wildman–Crippen LogP) is 4.53. The van der Waals surface area contributed by atoms with Gasteiger partial charge in [0.15, 0.2) is 0 Å². The lowest BCUT2D eigenvalue weighted by Gasteiger charge is -2.34. The third-order valence-electron chi connectivity index (χ3n) is 4.42. The molecular formula is C18H24BrClN2O3. The molecule has 1 fully saturated rings. The minimum Gasteiger partial charge on any atom is -0.493 e. The fourth-order valence-electron chi connectivity index (χ4n) is 3.46. The maximum absolute atomic E-state index is 12.0. The van der Waals surface area contributed by atoms with Gasteiger partial charge in [0.1, 0.15) is 11.4 Å². The average molecular weight is 432 g/mol. The van der Waals surface area contributed by atoms with Crippen molar-refractivity contribution in [2.45, 2.75) is 51.3 Å². The van der Waals surface area contributed by atoms with E-state index in [-0.39, 0.29) is 18.2 Å². The number of hydrogen-bond donors (Lipinski definition) is 1. The lowest BCUT2D eigenvalue weighted by Crippen LogP contribution is -2.41. The van der Waals surface area contributed by atoms with Gasteiger partial charge in [0.25, 0.3) is 0 Å². The Hall–Kier alpha value is -0.980. The Morgan fingerprint density at radius 1 is 1.40 bits per heavy atom. The van der Waals surface area contributed by atoms with E-state index in [4.69, 9.17) is 21.1 Å². The number of carbonyl (C=O) groups excluding carboxylic acids is 1. The number of carbonyl (C=O) groups is 1. The monoisotopic (exact) mass is 430 g/mol. The summed E-state index contributed by atoms with van der Waals surface area (Å²) in [5.41, 5.74) is 0.667. The van der Waals surface area contributed by atoms with Gasteiger partial charge in [-0.1, -0.05) is 27.5 Å². The number of alkyl carbamates (subject to hydrolysis) is 1. The topological polar surface area (TPSA) is 50.8 Å². The van der Waals surface area contributed by atoms with Crippen molar-refractivity contribution < 1.29 is 14.3 Å². The van der Waals surface area contributed by atoms with Crippen LogP contribution in [0.2, 0.25) is 5.02 Å². The Balaban J connectivity index is 1.67. The summed E-state index contributed by atoms with van der Waals surface area (Å²) in [7, 11) is 0. The smallest absolute Gasteiger partial charge is 0.407 e. The third-order valence-corrected chi connectivity index (χ3v) is 5.29. The minimum atomic E-state index is -0.480. The van der Waals surface area contributed by atoms with Crippen LogP contribution < -0.4 is 10.1 Å². The number of halogens is 2. The molecule has 1 aromatic rings. The van der Waals surface area contributed by atoms with E-state index in [0.29, 0.717) is 11.6 Å². The summed E-state index contributed by atoms with van der Waals surface area (Å²) in [4.78, 5) is 14.4. The largest absolute Gasteiger partial charge is 0.493 e. The third kappa shape index (κ3) is 4.60. The standard InChI is InChI=1S/C18H24BrClN2O3/c1-18(2,3)25-17(23)21-12-4-6-22(10-12)14-5-7-24-15-9-11(20)8-13(19)16(14)15/h8-9,12,14H,4-7,10H2,1-3H3,(H,21,23)/t12-,14-/m1/s1. The van der Waals surface area contributed by atoms with E-state index in [1.54, 1.807) is 0 Å². The van der Waals surface area contributed by atoms with E-state index in [0.717, 1.165) is 41.7 Å². The molecule has 1 aromatic carbocycles. The zero-order chi connectivity index (χ0) is 18.2.